The molecule has 2 atom stereocenters. The number of hydrogen-bond acceptors (Lipinski definition) is 5. The Bertz CT molecular complexity index is 838. The molecule has 2 aliphatic heterocycles. The summed E-state index contributed by atoms with van der Waals surface area (Å²) in [6, 6.07) is 10.0. The average Bonchev–Trinajstić information content (AvgIpc) is 3.15. The zero-order valence-electron chi connectivity index (χ0n) is 15.1. The Balaban J connectivity index is 1.49. The standard InChI is InChI=1S/C20H23N3O3S/c24-16-7-10-23(13-20(16)8-4-9-21-19(20)26)18(25)15-12-27-17(22-15)11-14-5-2-1-3-6-14/h1-3,5-6,12,16,24H,4,7-11,13H2,(H,21,26)/t16-,20+/m0/s1. The van der Waals surface area contributed by atoms with Crippen LogP contribution in [-0.2, 0) is 11.2 Å². The topological polar surface area (TPSA) is 82.5 Å². The monoisotopic (exact) mass is 385 g/mol. The molecule has 2 aliphatic rings. The molecular weight excluding hydrogens is 362 g/mol. The van der Waals surface area contributed by atoms with E-state index in [0.717, 1.165) is 17.0 Å². The fourth-order valence-corrected chi connectivity index (χ4v) is 4.84. The molecule has 0 bridgehead atoms. The first-order valence-electron chi connectivity index (χ1n) is 9.32. The second-order valence-corrected chi connectivity index (χ2v) is 8.28. The number of nitrogens with one attached hydrogen (secondary N) is 1. The molecule has 7 heteroatoms. The number of piperidine rings is 2. The Morgan fingerprint density at radius 3 is 2.96 bits per heavy atom. The van der Waals surface area contributed by atoms with E-state index in [2.05, 4.69) is 10.3 Å². The number of likely N-dealkylation sites (tertiary alicyclic amines) is 1. The van der Waals surface area contributed by atoms with Gasteiger partial charge in [0.2, 0.25) is 5.91 Å². The maximum atomic E-state index is 13.0. The van der Waals surface area contributed by atoms with Crippen molar-refractivity contribution in [1.29, 1.82) is 0 Å². The summed E-state index contributed by atoms with van der Waals surface area (Å²) in [7, 11) is 0. The zero-order valence-corrected chi connectivity index (χ0v) is 15.9. The first-order valence-corrected chi connectivity index (χ1v) is 10.2. The molecule has 3 heterocycles. The first kappa shape index (κ1) is 18.1. The highest BCUT2D eigenvalue weighted by atomic mass is 32.1. The van der Waals surface area contributed by atoms with Crippen molar-refractivity contribution in [3.63, 3.8) is 0 Å². The molecule has 2 fully saturated rings. The molecule has 2 aromatic rings. The van der Waals surface area contributed by atoms with Gasteiger partial charge in [-0.15, -0.1) is 11.3 Å². The fraction of sp³-hybridized carbons (Fsp3) is 0.450. The van der Waals surface area contributed by atoms with E-state index in [-0.39, 0.29) is 18.4 Å². The number of hydrogen-bond donors (Lipinski definition) is 2. The lowest BCUT2D eigenvalue weighted by atomic mass is 9.71. The minimum atomic E-state index is -0.880. The molecule has 4 rings (SSSR count). The van der Waals surface area contributed by atoms with Gasteiger partial charge in [0.15, 0.2) is 0 Å². The minimum Gasteiger partial charge on any atom is -0.392 e. The molecule has 6 nitrogen and oxygen atoms in total. The van der Waals surface area contributed by atoms with Crippen LogP contribution in [0.4, 0.5) is 0 Å². The highest BCUT2D eigenvalue weighted by Gasteiger charge is 2.50. The number of aliphatic hydroxyl groups excluding tert-OH is 1. The molecule has 0 unspecified atom stereocenters. The van der Waals surface area contributed by atoms with Gasteiger partial charge >= 0.3 is 0 Å². The van der Waals surface area contributed by atoms with Gasteiger partial charge in [0, 0.05) is 31.4 Å². The smallest absolute Gasteiger partial charge is 0.273 e. The Labute approximate surface area is 162 Å². The predicted molar refractivity (Wildman–Crippen MR) is 103 cm³/mol. The molecule has 0 aliphatic carbocycles. The van der Waals surface area contributed by atoms with Crippen LogP contribution in [-0.4, -0.2) is 52.5 Å². The minimum absolute atomic E-state index is 0.137. The highest BCUT2D eigenvalue weighted by Crippen LogP contribution is 2.37. The van der Waals surface area contributed by atoms with Crippen molar-refractivity contribution >= 4 is 23.2 Å². The number of rotatable bonds is 3. The Hall–Kier alpha value is -2.25. The van der Waals surface area contributed by atoms with Crippen LogP contribution in [0.15, 0.2) is 35.7 Å². The van der Waals surface area contributed by atoms with Crippen LogP contribution in [0.1, 0.15) is 40.3 Å². The lowest BCUT2D eigenvalue weighted by molar-refractivity contribution is -0.147. The van der Waals surface area contributed by atoms with Gasteiger partial charge in [-0.05, 0) is 24.8 Å². The number of aromatic nitrogens is 1. The van der Waals surface area contributed by atoms with Crippen LogP contribution >= 0.6 is 11.3 Å². The molecule has 2 amide bonds. The molecule has 2 saturated heterocycles. The normalized spacial score (nSPS) is 25.4. The summed E-state index contributed by atoms with van der Waals surface area (Å²) in [6.45, 7) is 1.33. The number of carbonyl (C=O) groups is 2. The van der Waals surface area contributed by atoms with E-state index in [0.29, 0.717) is 38.0 Å². The maximum Gasteiger partial charge on any atom is 0.273 e. The molecule has 1 aromatic heterocycles. The average molecular weight is 385 g/mol. The van der Waals surface area contributed by atoms with E-state index in [1.807, 2.05) is 30.3 Å². The van der Waals surface area contributed by atoms with Crippen molar-refractivity contribution in [3.8, 4) is 0 Å². The van der Waals surface area contributed by atoms with Crippen LogP contribution in [0.2, 0.25) is 0 Å². The van der Waals surface area contributed by atoms with E-state index in [1.165, 1.54) is 11.3 Å². The van der Waals surface area contributed by atoms with Crippen molar-refractivity contribution in [2.45, 2.75) is 31.8 Å². The summed E-state index contributed by atoms with van der Waals surface area (Å²) in [5.74, 6) is -0.294. The molecule has 0 radical (unpaired) electrons. The highest BCUT2D eigenvalue weighted by molar-refractivity contribution is 7.09. The van der Waals surface area contributed by atoms with Crippen molar-refractivity contribution in [1.82, 2.24) is 15.2 Å². The predicted octanol–water partition coefficient (Wildman–Crippen LogP) is 1.84. The molecule has 1 spiro atoms. The van der Waals surface area contributed by atoms with Gasteiger partial charge in [0.05, 0.1) is 16.5 Å². The lowest BCUT2D eigenvalue weighted by Crippen LogP contribution is -2.62. The van der Waals surface area contributed by atoms with Crippen molar-refractivity contribution in [3.05, 3.63) is 52.0 Å². The zero-order chi connectivity index (χ0) is 18.9. The molecule has 0 saturated carbocycles. The Morgan fingerprint density at radius 1 is 1.37 bits per heavy atom. The van der Waals surface area contributed by atoms with Crippen LogP contribution in [0.3, 0.4) is 0 Å². The van der Waals surface area contributed by atoms with E-state index in [9.17, 15) is 14.7 Å². The van der Waals surface area contributed by atoms with Crippen LogP contribution in [0.5, 0.6) is 0 Å². The number of benzene rings is 1. The molecule has 1 aromatic carbocycles. The largest absolute Gasteiger partial charge is 0.392 e. The molecule has 2 N–H and O–H groups in total. The van der Waals surface area contributed by atoms with Gasteiger partial charge < -0.3 is 15.3 Å². The molecular formula is C20H23N3O3S. The van der Waals surface area contributed by atoms with E-state index < -0.39 is 11.5 Å². The summed E-state index contributed by atoms with van der Waals surface area (Å²) >= 11 is 1.48. The number of amides is 2. The number of nitrogens with zero attached hydrogens (tertiary/aromatic N) is 2. The van der Waals surface area contributed by atoms with Gasteiger partial charge in [0.25, 0.3) is 5.91 Å². The Morgan fingerprint density at radius 2 is 2.19 bits per heavy atom. The summed E-state index contributed by atoms with van der Waals surface area (Å²) in [4.78, 5) is 31.6. The molecule has 27 heavy (non-hydrogen) atoms. The maximum absolute atomic E-state index is 13.0. The van der Waals surface area contributed by atoms with Gasteiger partial charge in [0.1, 0.15) is 5.69 Å². The van der Waals surface area contributed by atoms with Crippen LogP contribution < -0.4 is 5.32 Å². The number of thiazole rings is 1. The van der Waals surface area contributed by atoms with Crippen molar-refractivity contribution in [2.75, 3.05) is 19.6 Å². The summed E-state index contributed by atoms with van der Waals surface area (Å²) < 4.78 is 0. The Kier molecular flexibility index (Phi) is 4.97. The van der Waals surface area contributed by atoms with Crippen LogP contribution in [0, 0.1) is 5.41 Å². The molecule has 142 valence electrons. The number of aliphatic hydroxyl groups is 1. The summed E-state index contributed by atoms with van der Waals surface area (Å²) in [5.41, 5.74) is 0.702. The summed E-state index contributed by atoms with van der Waals surface area (Å²) in [5, 5.41) is 16.0. The van der Waals surface area contributed by atoms with Gasteiger partial charge in [-0.25, -0.2) is 4.98 Å². The second-order valence-electron chi connectivity index (χ2n) is 7.34. The van der Waals surface area contributed by atoms with E-state index in [1.54, 1.807) is 10.3 Å². The number of carbonyl (C=O) groups excluding carboxylic acids is 2. The first-order chi connectivity index (χ1) is 13.1. The fourth-order valence-electron chi connectivity index (χ4n) is 4.04. The van der Waals surface area contributed by atoms with Crippen LogP contribution in [0.25, 0.3) is 0 Å². The third kappa shape index (κ3) is 3.49. The van der Waals surface area contributed by atoms with E-state index >= 15 is 0 Å². The van der Waals surface area contributed by atoms with Gasteiger partial charge in [-0.3, -0.25) is 9.59 Å². The van der Waals surface area contributed by atoms with Crippen molar-refractivity contribution < 1.29 is 14.7 Å². The van der Waals surface area contributed by atoms with Crippen molar-refractivity contribution in [2.24, 2.45) is 5.41 Å². The lowest BCUT2D eigenvalue weighted by Gasteiger charge is -2.46. The van der Waals surface area contributed by atoms with Gasteiger partial charge in [-0.1, -0.05) is 30.3 Å². The third-order valence-electron chi connectivity index (χ3n) is 5.58. The summed E-state index contributed by atoms with van der Waals surface area (Å²) in [6.07, 6.45) is 1.85. The SMILES string of the molecule is O=C(c1csc(Cc2ccccc2)n1)N1CC[C@H](O)[C@@]2(CCCNC2=O)C1. The quantitative estimate of drug-likeness (QED) is 0.845. The van der Waals surface area contributed by atoms with E-state index in [4.69, 9.17) is 0 Å². The third-order valence-corrected chi connectivity index (χ3v) is 6.43. The van der Waals surface area contributed by atoms with Gasteiger partial charge in [-0.2, -0.15) is 0 Å². The second kappa shape index (κ2) is 7.40.